The van der Waals surface area contributed by atoms with Crippen LogP contribution in [0.4, 0.5) is 0 Å². The smallest absolute Gasteiger partial charge is 0.246 e. The molecule has 0 unspecified atom stereocenters. The summed E-state index contributed by atoms with van der Waals surface area (Å²) in [5.41, 5.74) is 0. The fourth-order valence-corrected chi connectivity index (χ4v) is 1.36. The molecule has 1 aliphatic rings. The molecule has 0 aromatic rings. The number of carbonyl (C=O) groups is 1. The summed E-state index contributed by atoms with van der Waals surface area (Å²) in [4.78, 5) is 11.1. The molecule has 0 aliphatic carbocycles. The lowest BCUT2D eigenvalue weighted by Gasteiger charge is -2.22. The van der Waals surface area contributed by atoms with Crippen LogP contribution in [0.5, 0.6) is 0 Å². The largest absolute Gasteiger partial charge is 0.368 e. The van der Waals surface area contributed by atoms with Crippen LogP contribution in [0.2, 0.25) is 0 Å². The van der Waals surface area contributed by atoms with Crippen molar-refractivity contribution in [2.75, 3.05) is 26.2 Å². The van der Waals surface area contributed by atoms with Gasteiger partial charge < -0.3 is 15.4 Å². The van der Waals surface area contributed by atoms with Crippen molar-refractivity contribution in [2.45, 2.75) is 18.9 Å². The van der Waals surface area contributed by atoms with Gasteiger partial charge in [-0.1, -0.05) is 5.92 Å². The fraction of sp³-hybridized carbons (Fsp3) is 0.700. The fourth-order valence-electron chi connectivity index (χ4n) is 1.36. The van der Waals surface area contributed by atoms with Crippen molar-refractivity contribution in [3.8, 4) is 12.3 Å². The number of piperidine rings is 1. The van der Waals surface area contributed by atoms with Gasteiger partial charge in [0, 0.05) is 0 Å². The van der Waals surface area contributed by atoms with E-state index in [1.807, 2.05) is 0 Å². The molecule has 78 valence electrons. The summed E-state index contributed by atoms with van der Waals surface area (Å²) in [6.07, 6.45) is 7.17. The molecule has 4 nitrogen and oxygen atoms in total. The summed E-state index contributed by atoms with van der Waals surface area (Å²) in [5, 5.41) is 5.79. The first-order chi connectivity index (χ1) is 6.83. The van der Waals surface area contributed by atoms with Crippen molar-refractivity contribution in [1.29, 1.82) is 0 Å². The van der Waals surface area contributed by atoms with E-state index in [2.05, 4.69) is 16.6 Å². The molecule has 1 aliphatic heterocycles. The molecular weight excluding hydrogens is 180 g/mol. The molecule has 4 heteroatoms. The van der Waals surface area contributed by atoms with E-state index in [1.54, 1.807) is 0 Å². The van der Waals surface area contributed by atoms with Crippen LogP contribution in [0.1, 0.15) is 12.8 Å². The van der Waals surface area contributed by atoms with E-state index in [-0.39, 0.29) is 25.2 Å². The third kappa shape index (κ3) is 4.26. The van der Waals surface area contributed by atoms with Gasteiger partial charge >= 0.3 is 0 Å². The zero-order chi connectivity index (χ0) is 10.2. The van der Waals surface area contributed by atoms with Gasteiger partial charge in [0.2, 0.25) is 5.91 Å². The standard InChI is InChI=1S/C10H16N2O2/c1-2-5-12-10(13)8-14-9-3-6-11-7-4-9/h1,9,11H,3-8H2,(H,12,13). The van der Waals surface area contributed by atoms with Crippen LogP contribution in [0.15, 0.2) is 0 Å². The molecule has 0 radical (unpaired) electrons. The van der Waals surface area contributed by atoms with Crippen molar-refractivity contribution in [3.63, 3.8) is 0 Å². The van der Waals surface area contributed by atoms with E-state index >= 15 is 0 Å². The van der Waals surface area contributed by atoms with Gasteiger partial charge in [-0.15, -0.1) is 6.42 Å². The Balaban J connectivity index is 2.07. The minimum atomic E-state index is -0.138. The van der Waals surface area contributed by atoms with E-state index in [4.69, 9.17) is 11.2 Å². The molecule has 1 heterocycles. The maximum Gasteiger partial charge on any atom is 0.246 e. The molecule has 0 spiro atoms. The Bertz CT molecular complexity index is 217. The number of rotatable bonds is 4. The van der Waals surface area contributed by atoms with Gasteiger partial charge in [-0.25, -0.2) is 0 Å². The Morgan fingerprint density at radius 2 is 2.29 bits per heavy atom. The molecule has 0 bridgehead atoms. The zero-order valence-electron chi connectivity index (χ0n) is 8.21. The second kappa shape index (κ2) is 6.41. The van der Waals surface area contributed by atoms with Crippen molar-refractivity contribution in [2.24, 2.45) is 0 Å². The number of carbonyl (C=O) groups excluding carboxylic acids is 1. The number of amides is 1. The Labute approximate surface area is 84.4 Å². The van der Waals surface area contributed by atoms with Gasteiger partial charge in [-0.05, 0) is 25.9 Å². The number of hydrogen-bond donors (Lipinski definition) is 2. The number of nitrogens with one attached hydrogen (secondary N) is 2. The van der Waals surface area contributed by atoms with Gasteiger partial charge in [0.15, 0.2) is 0 Å². The third-order valence-electron chi connectivity index (χ3n) is 2.12. The Morgan fingerprint density at radius 3 is 2.93 bits per heavy atom. The molecule has 1 fully saturated rings. The molecule has 1 saturated heterocycles. The maximum absolute atomic E-state index is 11.1. The summed E-state index contributed by atoms with van der Waals surface area (Å²) in [6, 6.07) is 0. The van der Waals surface area contributed by atoms with Crippen LogP contribution in [0.3, 0.4) is 0 Å². The summed E-state index contributed by atoms with van der Waals surface area (Å²) in [7, 11) is 0. The van der Waals surface area contributed by atoms with Gasteiger partial charge in [-0.2, -0.15) is 0 Å². The quantitative estimate of drug-likeness (QED) is 0.596. The average Bonchev–Trinajstić information content (AvgIpc) is 2.25. The first-order valence-electron chi connectivity index (χ1n) is 4.85. The molecule has 14 heavy (non-hydrogen) atoms. The van der Waals surface area contributed by atoms with Crippen LogP contribution in [0, 0.1) is 12.3 Å². The Morgan fingerprint density at radius 1 is 1.57 bits per heavy atom. The summed E-state index contributed by atoms with van der Waals surface area (Å²) < 4.78 is 5.42. The highest BCUT2D eigenvalue weighted by atomic mass is 16.5. The monoisotopic (exact) mass is 196 g/mol. The molecule has 1 amide bonds. The van der Waals surface area contributed by atoms with E-state index in [0.717, 1.165) is 25.9 Å². The highest BCUT2D eigenvalue weighted by molar-refractivity contribution is 5.77. The lowest BCUT2D eigenvalue weighted by molar-refractivity contribution is -0.127. The van der Waals surface area contributed by atoms with Crippen LogP contribution in [0.25, 0.3) is 0 Å². The highest BCUT2D eigenvalue weighted by Crippen LogP contribution is 2.06. The number of terminal acetylenes is 1. The second-order valence-corrected chi connectivity index (χ2v) is 3.24. The van der Waals surface area contributed by atoms with Crippen molar-refractivity contribution >= 4 is 5.91 Å². The minimum Gasteiger partial charge on any atom is -0.368 e. The van der Waals surface area contributed by atoms with E-state index < -0.39 is 0 Å². The zero-order valence-corrected chi connectivity index (χ0v) is 8.21. The van der Waals surface area contributed by atoms with Crippen LogP contribution >= 0.6 is 0 Å². The first-order valence-corrected chi connectivity index (χ1v) is 4.85. The van der Waals surface area contributed by atoms with Gasteiger partial charge in [0.05, 0.1) is 12.6 Å². The Hall–Kier alpha value is -1.05. The third-order valence-corrected chi connectivity index (χ3v) is 2.12. The predicted molar refractivity (Wildman–Crippen MR) is 53.7 cm³/mol. The summed E-state index contributed by atoms with van der Waals surface area (Å²) >= 11 is 0. The van der Waals surface area contributed by atoms with E-state index in [9.17, 15) is 4.79 Å². The predicted octanol–water partition coefficient (Wildman–Crippen LogP) is -0.496. The van der Waals surface area contributed by atoms with Crippen molar-refractivity contribution < 1.29 is 9.53 Å². The lowest BCUT2D eigenvalue weighted by atomic mass is 10.1. The normalized spacial score (nSPS) is 17.4. The second-order valence-electron chi connectivity index (χ2n) is 3.24. The van der Waals surface area contributed by atoms with Gasteiger partial charge in [-0.3, -0.25) is 4.79 Å². The molecular formula is C10H16N2O2. The molecule has 0 atom stereocenters. The first kappa shape index (κ1) is 11.0. The summed E-state index contributed by atoms with van der Waals surface area (Å²) in [6.45, 7) is 2.33. The van der Waals surface area contributed by atoms with Crippen LogP contribution < -0.4 is 10.6 Å². The van der Waals surface area contributed by atoms with Crippen LogP contribution in [-0.2, 0) is 9.53 Å². The van der Waals surface area contributed by atoms with Crippen LogP contribution in [-0.4, -0.2) is 38.3 Å². The molecule has 0 aromatic heterocycles. The minimum absolute atomic E-state index is 0.117. The highest BCUT2D eigenvalue weighted by Gasteiger charge is 2.14. The molecule has 0 aromatic carbocycles. The van der Waals surface area contributed by atoms with E-state index in [0.29, 0.717) is 0 Å². The number of hydrogen-bond acceptors (Lipinski definition) is 3. The van der Waals surface area contributed by atoms with Gasteiger partial charge in [0.1, 0.15) is 6.61 Å². The lowest BCUT2D eigenvalue weighted by Crippen LogP contribution is -2.35. The van der Waals surface area contributed by atoms with Gasteiger partial charge in [0.25, 0.3) is 0 Å². The molecule has 1 rings (SSSR count). The SMILES string of the molecule is C#CCNC(=O)COC1CCNCC1. The molecule has 0 saturated carbocycles. The Kier molecular flexibility index (Phi) is 5.05. The average molecular weight is 196 g/mol. The van der Waals surface area contributed by atoms with Crippen molar-refractivity contribution in [1.82, 2.24) is 10.6 Å². The number of ether oxygens (including phenoxy) is 1. The summed E-state index contributed by atoms with van der Waals surface area (Å²) in [5.74, 6) is 2.20. The molecule has 2 N–H and O–H groups in total. The maximum atomic E-state index is 11.1. The topological polar surface area (TPSA) is 50.4 Å². The van der Waals surface area contributed by atoms with E-state index in [1.165, 1.54) is 0 Å². The van der Waals surface area contributed by atoms with Crippen molar-refractivity contribution in [3.05, 3.63) is 0 Å².